The highest BCUT2D eigenvalue weighted by molar-refractivity contribution is 5.35. The van der Waals surface area contributed by atoms with Crippen LogP contribution < -0.4 is 4.74 Å². The molecule has 0 saturated heterocycles. The molecule has 3 nitrogen and oxygen atoms in total. The van der Waals surface area contributed by atoms with Gasteiger partial charge in [0.15, 0.2) is 6.10 Å². The summed E-state index contributed by atoms with van der Waals surface area (Å²) in [5, 5.41) is 18.0. The number of nitriles is 1. The van der Waals surface area contributed by atoms with E-state index in [4.69, 9.17) is 10.00 Å². The zero-order chi connectivity index (χ0) is 12.1. The van der Waals surface area contributed by atoms with Gasteiger partial charge in [0.25, 0.3) is 0 Å². The number of hydrogen-bond donors (Lipinski definition) is 1. The third-order valence-corrected chi connectivity index (χ3v) is 2.28. The number of aliphatic hydroxyl groups is 1. The minimum absolute atomic E-state index is 0.529. The summed E-state index contributed by atoms with van der Waals surface area (Å²) in [6.07, 6.45) is -1.12. The van der Waals surface area contributed by atoms with Gasteiger partial charge < -0.3 is 9.84 Å². The Labute approximate surface area is 99.5 Å². The maximum Gasteiger partial charge on any atom is 0.166 e. The van der Waals surface area contributed by atoms with Crippen LogP contribution in [0.3, 0.4) is 0 Å². The van der Waals surface area contributed by atoms with E-state index in [0.29, 0.717) is 11.3 Å². The Bertz CT molecular complexity index is 531. The van der Waals surface area contributed by atoms with Gasteiger partial charge in [-0.3, -0.25) is 0 Å². The predicted molar refractivity (Wildman–Crippen MR) is 63.5 cm³/mol. The standard InChI is InChI=1S/C14H11NO2/c15-10-14(16)11-5-4-8-13(9-11)17-12-6-2-1-3-7-12/h1-9,14,16H/t14-/m0/s1. The first-order chi connectivity index (χ1) is 8.29. The van der Waals surface area contributed by atoms with Gasteiger partial charge in [-0.15, -0.1) is 0 Å². The largest absolute Gasteiger partial charge is 0.457 e. The van der Waals surface area contributed by atoms with Gasteiger partial charge in [0.1, 0.15) is 11.5 Å². The normalized spacial score (nSPS) is 11.5. The van der Waals surface area contributed by atoms with E-state index >= 15 is 0 Å². The lowest BCUT2D eigenvalue weighted by Crippen LogP contribution is -1.93. The summed E-state index contributed by atoms with van der Waals surface area (Å²) in [6.45, 7) is 0. The lowest BCUT2D eigenvalue weighted by molar-refractivity contribution is 0.235. The number of aliphatic hydroxyl groups excluding tert-OH is 1. The first-order valence-corrected chi connectivity index (χ1v) is 5.20. The van der Waals surface area contributed by atoms with E-state index in [0.717, 1.165) is 5.75 Å². The molecule has 0 unspecified atom stereocenters. The van der Waals surface area contributed by atoms with Crippen LogP contribution in [0.1, 0.15) is 11.7 Å². The van der Waals surface area contributed by atoms with Crippen LogP contribution in [0, 0.1) is 11.3 Å². The van der Waals surface area contributed by atoms with Crippen LogP contribution in [-0.4, -0.2) is 5.11 Å². The van der Waals surface area contributed by atoms with Gasteiger partial charge in [-0.05, 0) is 29.8 Å². The summed E-state index contributed by atoms with van der Waals surface area (Å²) in [6, 6.07) is 18.0. The molecule has 0 aliphatic carbocycles. The van der Waals surface area contributed by atoms with Crippen molar-refractivity contribution >= 4 is 0 Å². The van der Waals surface area contributed by atoms with Gasteiger partial charge in [0.05, 0.1) is 6.07 Å². The Morgan fingerprint density at radius 2 is 1.71 bits per heavy atom. The molecule has 0 aromatic heterocycles. The fourth-order valence-corrected chi connectivity index (χ4v) is 1.45. The van der Waals surface area contributed by atoms with E-state index < -0.39 is 6.10 Å². The molecular formula is C14H11NO2. The first-order valence-electron chi connectivity index (χ1n) is 5.20. The van der Waals surface area contributed by atoms with E-state index in [1.807, 2.05) is 30.3 Å². The molecule has 0 saturated carbocycles. The molecular weight excluding hydrogens is 214 g/mol. The van der Waals surface area contributed by atoms with Crippen LogP contribution >= 0.6 is 0 Å². The fourth-order valence-electron chi connectivity index (χ4n) is 1.45. The predicted octanol–water partition coefficient (Wildman–Crippen LogP) is 3.04. The summed E-state index contributed by atoms with van der Waals surface area (Å²) >= 11 is 0. The number of nitrogens with zero attached hydrogens (tertiary/aromatic N) is 1. The molecule has 1 atom stereocenters. The molecule has 84 valence electrons. The summed E-state index contributed by atoms with van der Waals surface area (Å²) in [5.41, 5.74) is 0.529. The molecule has 0 radical (unpaired) electrons. The monoisotopic (exact) mass is 225 g/mol. The molecule has 0 aliphatic heterocycles. The SMILES string of the molecule is N#C[C@H](O)c1cccc(Oc2ccccc2)c1. The summed E-state index contributed by atoms with van der Waals surface area (Å²) < 4.78 is 5.59. The minimum atomic E-state index is -1.12. The van der Waals surface area contributed by atoms with Crippen LogP contribution in [0.4, 0.5) is 0 Å². The van der Waals surface area contributed by atoms with Gasteiger partial charge in [0, 0.05) is 0 Å². The van der Waals surface area contributed by atoms with Gasteiger partial charge in [0.2, 0.25) is 0 Å². The van der Waals surface area contributed by atoms with Crippen molar-refractivity contribution < 1.29 is 9.84 Å². The molecule has 0 aliphatic rings. The highest BCUT2D eigenvalue weighted by Crippen LogP contribution is 2.24. The minimum Gasteiger partial charge on any atom is -0.457 e. The van der Waals surface area contributed by atoms with Crippen LogP contribution in [0.2, 0.25) is 0 Å². The van der Waals surface area contributed by atoms with Crippen molar-refractivity contribution in [2.24, 2.45) is 0 Å². The maximum atomic E-state index is 9.40. The fraction of sp³-hybridized carbons (Fsp3) is 0.0714. The third kappa shape index (κ3) is 2.83. The molecule has 2 rings (SSSR count). The van der Waals surface area contributed by atoms with E-state index in [2.05, 4.69) is 0 Å². The van der Waals surface area contributed by atoms with Gasteiger partial charge in [-0.1, -0.05) is 30.3 Å². The van der Waals surface area contributed by atoms with Crippen molar-refractivity contribution in [1.82, 2.24) is 0 Å². The zero-order valence-electron chi connectivity index (χ0n) is 9.08. The average molecular weight is 225 g/mol. The number of rotatable bonds is 3. The maximum absolute atomic E-state index is 9.40. The van der Waals surface area contributed by atoms with E-state index in [9.17, 15) is 5.11 Å². The highest BCUT2D eigenvalue weighted by Gasteiger charge is 2.06. The molecule has 1 N–H and O–H groups in total. The Morgan fingerprint density at radius 1 is 1.00 bits per heavy atom. The van der Waals surface area contributed by atoms with E-state index in [1.54, 1.807) is 30.3 Å². The number of hydrogen-bond acceptors (Lipinski definition) is 3. The molecule has 3 heteroatoms. The Hall–Kier alpha value is -2.31. The Morgan fingerprint density at radius 3 is 2.41 bits per heavy atom. The second kappa shape index (κ2) is 5.15. The smallest absolute Gasteiger partial charge is 0.166 e. The Balaban J connectivity index is 2.20. The topological polar surface area (TPSA) is 53.2 Å². The number of ether oxygens (including phenoxy) is 1. The van der Waals surface area contributed by atoms with Crippen molar-refractivity contribution in [2.45, 2.75) is 6.10 Å². The molecule has 0 bridgehead atoms. The molecule has 0 amide bonds. The second-order valence-electron chi connectivity index (χ2n) is 3.52. The first kappa shape index (κ1) is 11.2. The second-order valence-corrected chi connectivity index (χ2v) is 3.52. The summed E-state index contributed by atoms with van der Waals surface area (Å²) in [7, 11) is 0. The van der Waals surface area contributed by atoms with Gasteiger partial charge >= 0.3 is 0 Å². The van der Waals surface area contributed by atoms with E-state index in [-0.39, 0.29) is 0 Å². The summed E-state index contributed by atoms with van der Waals surface area (Å²) in [5.74, 6) is 1.32. The van der Waals surface area contributed by atoms with Gasteiger partial charge in [-0.25, -0.2) is 0 Å². The number of benzene rings is 2. The quantitative estimate of drug-likeness (QED) is 0.817. The van der Waals surface area contributed by atoms with Crippen LogP contribution in [0.5, 0.6) is 11.5 Å². The zero-order valence-corrected chi connectivity index (χ0v) is 9.08. The molecule has 2 aromatic rings. The van der Waals surface area contributed by atoms with Crippen LogP contribution in [-0.2, 0) is 0 Å². The van der Waals surface area contributed by atoms with Crippen LogP contribution in [0.15, 0.2) is 54.6 Å². The van der Waals surface area contributed by atoms with Gasteiger partial charge in [-0.2, -0.15) is 5.26 Å². The number of para-hydroxylation sites is 1. The Kier molecular flexibility index (Phi) is 3.39. The van der Waals surface area contributed by atoms with Crippen molar-refractivity contribution in [3.8, 4) is 17.6 Å². The third-order valence-electron chi connectivity index (χ3n) is 2.28. The molecule has 0 fully saturated rings. The van der Waals surface area contributed by atoms with Crippen molar-refractivity contribution in [3.63, 3.8) is 0 Å². The molecule has 0 spiro atoms. The van der Waals surface area contributed by atoms with Crippen molar-refractivity contribution in [3.05, 3.63) is 60.2 Å². The molecule has 0 heterocycles. The average Bonchev–Trinajstić information content (AvgIpc) is 2.39. The van der Waals surface area contributed by atoms with Crippen molar-refractivity contribution in [2.75, 3.05) is 0 Å². The lowest BCUT2D eigenvalue weighted by Gasteiger charge is -2.07. The highest BCUT2D eigenvalue weighted by atomic mass is 16.5. The van der Waals surface area contributed by atoms with E-state index in [1.165, 1.54) is 0 Å². The molecule has 2 aromatic carbocycles. The summed E-state index contributed by atoms with van der Waals surface area (Å²) in [4.78, 5) is 0. The lowest BCUT2D eigenvalue weighted by atomic mass is 10.1. The van der Waals surface area contributed by atoms with Crippen molar-refractivity contribution in [1.29, 1.82) is 5.26 Å². The molecule has 17 heavy (non-hydrogen) atoms. The van der Waals surface area contributed by atoms with Crippen LogP contribution in [0.25, 0.3) is 0 Å².